The van der Waals surface area contributed by atoms with Crippen LogP contribution < -0.4 is 5.32 Å². The second kappa shape index (κ2) is 7.64. The summed E-state index contributed by atoms with van der Waals surface area (Å²) in [6.45, 7) is 1.54. The molecule has 6 heteroatoms. The Morgan fingerprint density at radius 1 is 1.16 bits per heavy atom. The smallest absolute Gasteiger partial charge is 0.191 e. The van der Waals surface area contributed by atoms with Gasteiger partial charge in [-0.05, 0) is 51.5 Å². The summed E-state index contributed by atoms with van der Waals surface area (Å²) in [4.78, 5) is 6.87. The molecule has 0 radical (unpaired) electrons. The molecule has 1 aromatic carbocycles. The van der Waals surface area contributed by atoms with Gasteiger partial charge in [0.2, 0.25) is 0 Å². The molecule has 1 N–H and O–H groups in total. The second-order valence-corrected chi connectivity index (χ2v) is 8.89. The molecule has 1 aliphatic rings. The molecule has 0 unspecified atom stereocenters. The van der Waals surface area contributed by atoms with E-state index >= 15 is 0 Å². The van der Waals surface area contributed by atoms with Crippen molar-refractivity contribution < 1.29 is 8.42 Å². The molecule has 0 atom stereocenters. The van der Waals surface area contributed by atoms with Gasteiger partial charge in [0.05, 0.1) is 10.6 Å². The normalized spacial score (nSPS) is 14.8. The number of sulfone groups is 1. The molecule has 1 aliphatic carbocycles. The maximum Gasteiger partial charge on any atom is 0.191 e. The van der Waals surface area contributed by atoms with E-state index in [2.05, 4.69) is 10.3 Å². The predicted octanol–water partition coefficient (Wildman–Crippen LogP) is 2.54. The quantitative estimate of drug-likeness (QED) is 0.785. The molecule has 0 amide bonds. The van der Waals surface area contributed by atoms with Gasteiger partial charge < -0.3 is 10.2 Å². The van der Waals surface area contributed by atoms with Crippen LogP contribution in [0, 0.1) is 5.92 Å². The Kier molecular flexibility index (Phi) is 5.51. The fourth-order valence-corrected chi connectivity index (χ4v) is 4.12. The first kappa shape index (κ1) is 18.0. The summed E-state index contributed by atoms with van der Waals surface area (Å²) >= 11 is 0. The number of benzene rings is 1. The highest BCUT2D eigenvalue weighted by molar-refractivity contribution is 7.91. The van der Waals surface area contributed by atoms with Crippen LogP contribution in [0.1, 0.15) is 18.5 Å². The first-order valence-corrected chi connectivity index (χ1v) is 10.2. The van der Waals surface area contributed by atoms with Crippen LogP contribution in [0.4, 0.5) is 0 Å². The van der Waals surface area contributed by atoms with Crippen LogP contribution >= 0.6 is 0 Å². The number of pyridine rings is 1. The van der Waals surface area contributed by atoms with Crippen molar-refractivity contribution in [3.05, 3.63) is 48.3 Å². The van der Waals surface area contributed by atoms with Crippen molar-refractivity contribution in [1.29, 1.82) is 0 Å². The molecule has 134 valence electrons. The van der Waals surface area contributed by atoms with Crippen LogP contribution in [0.5, 0.6) is 0 Å². The summed E-state index contributed by atoms with van der Waals surface area (Å²) in [6, 6.07) is 11.0. The zero-order chi connectivity index (χ0) is 17.9. The van der Waals surface area contributed by atoms with Crippen molar-refractivity contribution in [2.45, 2.75) is 24.3 Å². The maximum absolute atomic E-state index is 12.8. The third-order valence-corrected chi connectivity index (χ3v) is 5.87. The number of hydrogen-bond donors (Lipinski definition) is 1. The Morgan fingerprint density at radius 2 is 1.92 bits per heavy atom. The molecule has 0 saturated heterocycles. The summed E-state index contributed by atoms with van der Waals surface area (Å²) in [7, 11) is 0.601. The highest BCUT2D eigenvalue weighted by Gasteiger charge is 2.23. The molecule has 1 saturated carbocycles. The number of aromatic nitrogens is 1. The van der Waals surface area contributed by atoms with E-state index < -0.39 is 9.84 Å². The Bertz CT molecular complexity index is 813. The van der Waals surface area contributed by atoms with Crippen LogP contribution in [0.2, 0.25) is 0 Å². The zero-order valence-electron chi connectivity index (χ0n) is 14.8. The van der Waals surface area contributed by atoms with Crippen LogP contribution in [0.25, 0.3) is 11.1 Å². The lowest BCUT2D eigenvalue weighted by atomic mass is 10.1. The van der Waals surface area contributed by atoms with Crippen molar-refractivity contribution >= 4 is 9.84 Å². The summed E-state index contributed by atoms with van der Waals surface area (Å²) in [5.41, 5.74) is 2.49. The fourth-order valence-electron chi connectivity index (χ4n) is 2.77. The van der Waals surface area contributed by atoms with E-state index in [9.17, 15) is 8.42 Å². The highest BCUT2D eigenvalue weighted by atomic mass is 32.2. The van der Waals surface area contributed by atoms with E-state index in [1.165, 1.54) is 12.8 Å². The molecule has 2 aromatic rings. The Morgan fingerprint density at radius 3 is 2.56 bits per heavy atom. The first-order valence-electron chi connectivity index (χ1n) is 8.58. The SMILES string of the molecule is CN(C)Cc1ccc(-c2ccccc2S(=O)(=O)CNCC2CC2)cn1. The molecular formula is C19H25N3O2S. The second-order valence-electron chi connectivity index (χ2n) is 6.93. The monoisotopic (exact) mass is 359 g/mol. The summed E-state index contributed by atoms with van der Waals surface area (Å²) in [6.07, 6.45) is 4.16. The molecule has 25 heavy (non-hydrogen) atoms. The Balaban J connectivity index is 1.82. The average molecular weight is 359 g/mol. The van der Waals surface area contributed by atoms with Crippen molar-refractivity contribution in [1.82, 2.24) is 15.2 Å². The molecule has 1 aromatic heterocycles. The van der Waals surface area contributed by atoms with E-state index in [1.54, 1.807) is 18.3 Å². The summed E-state index contributed by atoms with van der Waals surface area (Å²) < 4.78 is 25.5. The number of rotatable bonds is 8. The predicted molar refractivity (Wildman–Crippen MR) is 99.8 cm³/mol. The van der Waals surface area contributed by atoms with Gasteiger partial charge in [-0.1, -0.05) is 24.3 Å². The van der Waals surface area contributed by atoms with Crippen LogP contribution in [0.15, 0.2) is 47.5 Å². The van der Waals surface area contributed by atoms with Crippen molar-refractivity contribution in [2.75, 3.05) is 26.5 Å². The van der Waals surface area contributed by atoms with E-state index in [0.717, 1.165) is 24.3 Å². The first-order chi connectivity index (χ1) is 12.0. The lowest BCUT2D eigenvalue weighted by molar-refractivity contribution is 0.397. The van der Waals surface area contributed by atoms with Gasteiger partial charge in [-0.2, -0.15) is 0 Å². The number of hydrogen-bond acceptors (Lipinski definition) is 5. The van der Waals surface area contributed by atoms with Gasteiger partial charge >= 0.3 is 0 Å². The summed E-state index contributed by atoms with van der Waals surface area (Å²) in [5, 5.41) is 3.09. The lowest BCUT2D eigenvalue weighted by Gasteiger charge is -2.12. The minimum atomic E-state index is -3.38. The van der Waals surface area contributed by atoms with Gasteiger partial charge in [0.1, 0.15) is 5.88 Å². The van der Waals surface area contributed by atoms with E-state index in [4.69, 9.17) is 0 Å². The molecule has 5 nitrogen and oxygen atoms in total. The topological polar surface area (TPSA) is 62.3 Å². The van der Waals surface area contributed by atoms with Crippen molar-refractivity contribution in [2.24, 2.45) is 5.92 Å². The van der Waals surface area contributed by atoms with E-state index in [-0.39, 0.29) is 5.88 Å². The van der Waals surface area contributed by atoms with Gasteiger partial charge in [0.25, 0.3) is 0 Å². The minimum Gasteiger partial charge on any atom is -0.304 e. The van der Waals surface area contributed by atoms with Gasteiger partial charge in [0, 0.05) is 23.9 Å². The van der Waals surface area contributed by atoms with Crippen LogP contribution in [-0.2, 0) is 16.4 Å². The van der Waals surface area contributed by atoms with E-state index in [1.807, 2.05) is 43.3 Å². The fraction of sp³-hybridized carbons (Fsp3) is 0.421. The van der Waals surface area contributed by atoms with Gasteiger partial charge in [-0.25, -0.2) is 8.42 Å². The molecule has 0 spiro atoms. The average Bonchev–Trinajstić information content (AvgIpc) is 3.39. The highest BCUT2D eigenvalue weighted by Crippen LogP contribution is 2.29. The number of nitrogens with zero attached hydrogens (tertiary/aromatic N) is 2. The molecule has 3 rings (SSSR count). The molecule has 1 fully saturated rings. The summed E-state index contributed by atoms with van der Waals surface area (Å²) in [5.74, 6) is 0.631. The van der Waals surface area contributed by atoms with Crippen molar-refractivity contribution in [3.63, 3.8) is 0 Å². The Labute approximate surface area is 150 Å². The lowest BCUT2D eigenvalue weighted by Crippen LogP contribution is -2.25. The van der Waals surface area contributed by atoms with Gasteiger partial charge in [-0.15, -0.1) is 0 Å². The third kappa shape index (κ3) is 4.87. The standard InChI is InChI=1S/C19H25N3O2S/c1-22(2)13-17-10-9-16(12-21-17)18-5-3-4-6-19(18)25(23,24)14-20-11-15-7-8-15/h3-6,9-10,12,15,20H,7-8,11,13-14H2,1-2H3. The van der Waals surface area contributed by atoms with Crippen molar-refractivity contribution in [3.8, 4) is 11.1 Å². The maximum atomic E-state index is 12.8. The molecule has 1 heterocycles. The van der Waals surface area contributed by atoms with Crippen LogP contribution in [0.3, 0.4) is 0 Å². The molecule has 0 aliphatic heterocycles. The number of nitrogens with one attached hydrogen (secondary N) is 1. The Hall–Kier alpha value is -1.76. The molecular weight excluding hydrogens is 334 g/mol. The van der Waals surface area contributed by atoms with Gasteiger partial charge in [0.15, 0.2) is 9.84 Å². The third-order valence-electron chi connectivity index (χ3n) is 4.26. The van der Waals surface area contributed by atoms with E-state index in [0.29, 0.717) is 16.4 Å². The van der Waals surface area contributed by atoms with Gasteiger partial charge in [-0.3, -0.25) is 4.98 Å². The molecule has 0 bridgehead atoms. The zero-order valence-corrected chi connectivity index (χ0v) is 15.6. The minimum absolute atomic E-state index is 0.0212. The van der Waals surface area contributed by atoms with Crippen LogP contribution in [-0.4, -0.2) is 44.8 Å². The largest absolute Gasteiger partial charge is 0.304 e.